The van der Waals surface area contributed by atoms with E-state index in [-0.39, 0.29) is 5.63 Å². The SMILES string of the molecule is CCCCCCc1ccc2oc(=O)ccc2c1N. The fourth-order valence-electron chi connectivity index (χ4n) is 2.18. The van der Waals surface area contributed by atoms with Crippen LogP contribution in [0.3, 0.4) is 0 Å². The van der Waals surface area contributed by atoms with Crippen LogP contribution in [0, 0.1) is 0 Å². The molecule has 18 heavy (non-hydrogen) atoms. The average Bonchev–Trinajstić information content (AvgIpc) is 2.37. The fraction of sp³-hybridized carbons (Fsp3) is 0.400. The molecule has 0 aliphatic rings. The monoisotopic (exact) mass is 245 g/mol. The molecule has 1 heterocycles. The smallest absolute Gasteiger partial charge is 0.336 e. The molecule has 0 fully saturated rings. The van der Waals surface area contributed by atoms with Crippen LogP contribution in [0.15, 0.2) is 33.5 Å². The summed E-state index contributed by atoms with van der Waals surface area (Å²) in [6.07, 6.45) is 5.87. The molecular weight excluding hydrogens is 226 g/mol. The van der Waals surface area contributed by atoms with Gasteiger partial charge in [-0.15, -0.1) is 0 Å². The van der Waals surface area contributed by atoms with Crippen molar-refractivity contribution in [1.82, 2.24) is 0 Å². The van der Waals surface area contributed by atoms with Crippen LogP contribution >= 0.6 is 0 Å². The summed E-state index contributed by atoms with van der Waals surface area (Å²) in [4.78, 5) is 11.1. The van der Waals surface area contributed by atoms with Gasteiger partial charge in [0.2, 0.25) is 0 Å². The molecule has 3 nitrogen and oxygen atoms in total. The molecule has 0 radical (unpaired) electrons. The van der Waals surface area contributed by atoms with Crippen LogP contribution in [0.25, 0.3) is 11.0 Å². The van der Waals surface area contributed by atoms with Crippen molar-refractivity contribution in [3.63, 3.8) is 0 Å². The van der Waals surface area contributed by atoms with Gasteiger partial charge in [0, 0.05) is 17.1 Å². The molecule has 0 bridgehead atoms. The van der Waals surface area contributed by atoms with Gasteiger partial charge in [0.15, 0.2) is 0 Å². The Morgan fingerprint density at radius 2 is 1.94 bits per heavy atom. The summed E-state index contributed by atoms with van der Waals surface area (Å²) in [7, 11) is 0. The number of aryl methyl sites for hydroxylation is 1. The van der Waals surface area contributed by atoms with Crippen LogP contribution in [0.5, 0.6) is 0 Å². The van der Waals surface area contributed by atoms with Gasteiger partial charge in [0.05, 0.1) is 0 Å². The lowest BCUT2D eigenvalue weighted by Gasteiger charge is -2.08. The number of hydrogen-bond acceptors (Lipinski definition) is 3. The lowest BCUT2D eigenvalue weighted by molar-refractivity contribution is 0.561. The molecular formula is C15H19NO2. The molecule has 0 unspecified atom stereocenters. The van der Waals surface area contributed by atoms with Crippen molar-refractivity contribution in [2.24, 2.45) is 0 Å². The van der Waals surface area contributed by atoms with E-state index in [1.54, 1.807) is 6.07 Å². The topological polar surface area (TPSA) is 56.2 Å². The van der Waals surface area contributed by atoms with E-state index in [0.29, 0.717) is 5.58 Å². The molecule has 2 aromatic rings. The van der Waals surface area contributed by atoms with Gasteiger partial charge >= 0.3 is 5.63 Å². The molecule has 3 heteroatoms. The number of fused-ring (bicyclic) bond motifs is 1. The normalized spacial score (nSPS) is 10.9. The summed E-state index contributed by atoms with van der Waals surface area (Å²) in [6, 6.07) is 6.96. The van der Waals surface area contributed by atoms with Gasteiger partial charge in [-0.05, 0) is 30.5 Å². The highest BCUT2D eigenvalue weighted by Crippen LogP contribution is 2.25. The highest BCUT2D eigenvalue weighted by Gasteiger charge is 2.06. The molecule has 2 N–H and O–H groups in total. The van der Waals surface area contributed by atoms with Gasteiger partial charge < -0.3 is 10.2 Å². The zero-order chi connectivity index (χ0) is 13.0. The largest absolute Gasteiger partial charge is 0.423 e. The molecule has 0 amide bonds. The van der Waals surface area contributed by atoms with Gasteiger partial charge in [0.25, 0.3) is 0 Å². The molecule has 0 spiro atoms. The van der Waals surface area contributed by atoms with E-state index < -0.39 is 0 Å². The third-order valence-corrected chi connectivity index (χ3v) is 3.23. The molecule has 1 aromatic heterocycles. The predicted molar refractivity (Wildman–Crippen MR) is 74.7 cm³/mol. The van der Waals surface area contributed by atoms with E-state index in [4.69, 9.17) is 10.2 Å². The maximum atomic E-state index is 11.1. The number of anilines is 1. The summed E-state index contributed by atoms with van der Waals surface area (Å²) in [5, 5.41) is 0.836. The Balaban J connectivity index is 2.22. The zero-order valence-electron chi connectivity index (χ0n) is 10.7. The third kappa shape index (κ3) is 2.73. The van der Waals surface area contributed by atoms with Crippen LogP contribution in [0.2, 0.25) is 0 Å². The Bertz CT molecular complexity index is 587. The summed E-state index contributed by atoms with van der Waals surface area (Å²) in [6.45, 7) is 2.20. The van der Waals surface area contributed by atoms with Crippen LogP contribution in [-0.2, 0) is 6.42 Å². The van der Waals surface area contributed by atoms with E-state index in [9.17, 15) is 4.79 Å². The summed E-state index contributed by atoms with van der Waals surface area (Å²) >= 11 is 0. The summed E-state index contributed by atoms with van der Waals surface area (Å²) in [5.74, 6) is 0. The second-order valence-corrected chi connectivity index (χ2v) is 4.62. The molecule has 0 saturated carbocycles. The number of benzene rings is 1. The molecule has 96 valence electrons. The van der Waals surface area contributed by atoms with E-state index >= 15 is 0 Å². The Kier molecular flexibility index (Phi) is 4.03. The van der Waals surface area contributed by atoms with E-state index in [2.05, 4.69) is 6.92 Å². The molecule has 0 aliphatic carbocycles. The van der Waals surface area contributed by atoms with Crippen molar-refractivity contribution in [3.8, 4) is 0 Å². The Morgan fingerprint density at radius 3 is 2.72 bits per heavy atom. The first kappa shape index (κ1) is 12.7. The number of unbranched alkanes of at least 4 members (excludes halogenated alkanes) is 3. The van der Waals surface area contributed by atoms with Crippen molar-refractivity contribution in [2.45, 2.75) is 39.0 Å². The van der Waals surface area contributed by atoms with Crippen molar-refractivity contribution >= 4 is 16.7 Å². The maximum Gasteiger partial charge on any atom is 0.336 e. The van der Waals surface area contributed by atoms with Gasteiger partial charge in [-0.1, -0.05) is 32.3 Å². The van der Waals surface area contributed by atoms with Crippen molar-refractivity contribution in [1.29, 1.82) is 0 Å². The van der Waals surface area contributed by atoms with Crippen LogP contribution in [0.4, 0.5) is 5.69 Å². The Labute approximate surface area is 107 Å². The van der Waals surface area contributed by atoms with Gasteiger partial charge in [-0.3, -0.25) is 0 Å². The highest BCUT2D eigenvalue weighted by molar-refractivity contribution is 5.90. The number of hydrogen-bond donors (Lipinski definition) is 1. The Hall–Kier alpha value is -1.77. The lowest BCUT2D eigenvalue weighted by atomic mass is 10.0. The minimum atomic E-state index is -0.336. The zero-order valence-corrected chi connectivity index (χ0v) is 10.7. The first-order chi connectivity index (χ1) is 8.72. The first-order valence-corrected chi connectivity index (χ1v) is 6.53. The van der Waals surface area contributed by atoms with Gasteiger partial charge in [-0.25, -0.2) is 4.79 Å². The molecule has 0 aliphatic heterocycles. The van der Waals surface area contributed by atoms with E-state index in [0.717, 1.165) is 29.5 Å². The van der Waals surface area contributed by atoms with Crippen molar-refractivity contribution in [3.05, 3.63) is 40.2 Å². The van der Waals surface area contributed by atoms with Crippen LogP contribution in [0.1, 0.15) is 38.2 Å². The number of nitrogens with two attached hydrogens (primary N) is 1. The van der Waals surface area contributed by atoms with Crippen LogP contribution < -0.4 is 11.4 Å². The average molecular weight is 245 g/mol. The molecule has 0 atom stereocenters. The third-order valence-electron chi connectivity index (χ3n) is 3.23. The van der Waals surface area contributed by atoms with Gasteiger partial charge in [0.1, 0.15) is 5.58 Å². The van der Waals surface area contributed by atoms with Crippen molar-refractivity contribution < 1.29 is 4.42 Å². The van der Waals surface area contributed by atoms with Crippen molar-refractivity contribution in [2.75, 3.05) is 5.73 Å². The fourth-order valence-corrected chi connectivity index (χ4v) is 2.18. The highest BCUT2D eigenvalue weighted by atomic mass is 16.4. The Morgan fingerprint density at radius 1 is 1.11 bits per heavy atom. The molecule has 0 saturated heterocycles. The first-order valence-electron chi connectivity index (χ1n) is 6.53. The maximum absolute atomic E-state index is 11.1. The minimum Gasteiger partial charge on any atom is -0.423 e. The lowest BCUT2D eigenvalue weighted by Crippen LogP contribution is -2.00. The summed E-state index contributed by atoms with van der Waals surface area (Å²) in [5.41, 5.74) is 8.24. The number of rotatable bonds is 5. The molecule has 1 aromatic carbocycles. The molecule has 2 rings (SSSR count). The quantitative estimate of drug-likeness (QED) is 0.498. The minimum absolute atomic E-state index is 0.336. The second kappa shape index (κ2) is 5.71. The van der Waals surface area contributed by atoms with Gasteiger partial charge in [-0.2, -0.15) is 0 Å². The standard InChI is InChI=1S/C15H19NO2/c1-2-3-4-5-6-11-7-9-13-12(15(11)16)8-10-14(17)18-13/h7-10H,2-6,16H2,1H3. The van der Waals surface area contributed by atoms with E-state index in [1.807, 2.05) is 12.1 Å². The second-order valence-electron chi connectivity index (χ2n) is 4.62. The predicted octanol–water partition coefficient (Wildman–Crippen LogP) is 3.50. The number of nitrogen functional groups attached to an aromatic ring is 1. The van der Waals surface area contributed by atoms with Crippen LogP contribution in [-0.4, -0.2) is 0 Å². The summed E-state index contributed by atoms with van der Waals surface area (Å²) < 4.78 is 5.10. The van der Waals surface area contributed by atoms with E-state index in [1.165, 1.54) is 25.3 Å².